The van der Waals surface area contributed by atoms with Crippen molar-refractivity contribution in [2.24, 2.45) is 5.10 Å². The van der Waals surface area contributed by atoms with Crippen molar-refractivity contribution in [3.8, 4) is 0 Å². The summed E-state index contributed by atoms with van der Waals surface area (Å²) in [7, 11) is 0. The molecule has 0 unspecified atom stereocenters. The van der Waals surface area contributed by atoms with Gasteiger partial charge >= 0.3 is 0 Å². The van der Waals surface area contributed by atoms with Crippen LogP contribution in [0.25, 0.3) is 10.9 Å². The highest BCUT2D eigenvalue weighted by molar-refractivity contribution is 5.90. The van der Waals surface area contributed by atoms with E-state index in [9.17, 15) is 0 Å². The van der Waals surface area contributed by atoms with Gasteiger partial charge in [0.25, 0.3) is 5.95 Å². The Morgan fingerprint density at radius 3 is 2.62 bits per heavy atom. The Kier molecular flexibility index (Phi) is 3.77. The second-order valence-corrected chi connectivity index (χ2v) is 5.29. The molecule has 24 heavy (non-hydrogen) atoms. The van der Waals surface area contributed by atoms with Crippen molar-refractivity contribution in [1.29, 1.82) is 0 Å². The summed E-state index contributed by atoms with van der Waals surface area (Å²) in [4.78, 5) is 9.21. The minimum absolute atomic E-state index is 0.491. The number of benzene rings is 2. The number of nitrogens with zero attached hydrogens (tertiary/aromatic N) is 4. The fraction of sp³-hybridized carbons (Fsp3) is 0.0556. The fourth-order valence-electron chi connectivity index (χ4n) is 2.48. The monoisotopic (exact) mass is 316 g/mol. The molecule has 0 saturated heterocycles. The van der Waals surface area contributed by atoms with Gasteiger partial charge in [0.15, 0.2) is 0 Å². The second kappa shape index (κ2) is 6.37. The van der Waals surface area contributed by atoms with Crippen LogP contribution in [0.3, 0.4) is 0 Å². The van der Waals surface area contributed by atoms with Crippen molar-refractivity contribution in [3.63, 3.8) is 0 Å². The first kappa shape index (κ1) is 14.2. The van der Waals surface area contributed by atoms with E-state index < -0.39 is 0 Å². The highest BCUT2D eigenvalue weighted by Gasteiger charge is 2.13. The summed E-state index contributed by atoms with van der Waals surface area (Å²) in [5.41, 5.74) is 5.06. The Morgan fingerprint density at radius 1 is 0.958 bits per heavy atom. The first-order chi connectivity index (χ1) is 11.9. The van der Waals surface area contributed by atoms with Gasteiger partial charge in [0.1, 0.15) is 5.82 Å². The van der Waals surface area contributed by atoms with Gasteiger partial charge in [-0.15, -0.1) is 5.12 Å². The lowest BCUT2D eigenvalue weighted by molar-refractivity contribution is 0.743. The van der Waals surface area contributed by atoms with Gasteiger partial charge in [-0.05, 0) is 23.8 Å². The minimum atomic E-state index is 0.491. The van der Waals surface area contributed by atoms with E-state index in [0.29, 0.717) is 12.5 Å². The summed E-state index contributed by atoms with van der Waals surface area (Å²) in [5, 5.41) is 10.2. The summed E-state index contributed by atoms with van der Waals surface area (Å²) in [6, 6.07) is 18.2. The first-order valence-corrected chi connectivity index (χ1v) is 7.70. The van der Waals surface area contributed by atoms with Crippen molar-refractivity contribution in [2.45, 2.75) is 6.54 Å². The molecule has 2 N–H and O–H groups in total. The minimum Gasteiger partial charge on any atom is -0.365 e. The molecule has 1 aliphatic rings. The maximum Gasteiger partial charge on any atom is 0.268 e. The molecule has 0 saturated carbocycles. The fourth-order valence-corrected chi connectivity index (χ4v) is 2.48. The molecule has 6 heteroatoms. The van der Waals surface area contributed by atoms with Gasteiger partial charge in [-0.1, -0.05) is 42.5 Å². The van der Waals surface area contributed by atoms with Crippen LogP contribution in [0, 0.1) is 0 Å². The van der Waals surface area contributed by atoms with E-state index in [1.54, 1.807) is 17.5 Å². The van der Waals surface area contributed by atoms with Crippen LogP contribution in [0.4, 0.5) is 11.8 Å². The molecule has 4 rings (SSSR count). The van der Waals surface area contributed by atoms with Gasteiger partial charge in [0.2, 0.25) is 0 Å². The molecule has 3 aromatic rings. The van der Waals surface area contributed by atoms with E-state index in [4.69, 9.17) is 0 Å². The number of allylic oxidation sites excluding steroid dienone is 1. The van der Waals surface area contributed by atoms with Crippen molar-refractivity contribution in [3.05, 3.63) is 72.4 Å². The summed E-state index contributed by atoms with van der Waals surface area (Å²) in [6.07, 6.45) is 5.28. The van der Waals surface area contributed by atoms with Crippen LogP contribution in [0.1, 0.15) is 5.56 Å². The van der Waals surface area contributed by atoms with Gasteiger partial charge in [0.05, 0.1) is 11.7 Å². The van der Waals surface area contributed by atoms with Crippen LogP contribution in [0.15, 0.2) is 72.0 Å². The lowest BCUT2D eigenvalue weighted by Crippen LogP contribution is -2.32. The number of hydrazine groups is 1. The summed E-state index contributed by atoms with van der Waals surface area (Å²) in [6.45, 7) is 0.692. The van der Waals surface area contributed by atoms with E-state index in [2.05, 4.69) is 37.9 Å². The van der Waals surface area contributed by atoms with Crippen molar-refractivity contribution < 1.29 is 0 Å². The number of para-hydroxylation sites is 1. The van der Waals surface area contributed by atoms with E-state index in [-0.39, 0.29) is 0 Å². The third-order valence-corrected chi connectivity index (χ3v) is 3.64. The largest absolute Gasteiger partial charge is 0.365 e. The quantitative estimate of drug-likeness (QED) is 0.774. The molecule has 0 amide bonds. The first-order valence-electron chi connectivity index (χ1n) is 7.70. The Balaban J connectivity index is 1.69. The predicted octanol–water partition coefficient (Wildman–Crippen LogP) is 3.07. The van der Waals surface area contributed by atoms with E-state index in [0.717, 1.165) is 16.7 Å². The highest BCUT2D eigenvalue weighted by atomic mass is 15.7. The number of hydrogen-bond donors (Lipinski definition) is 2. The molecule has 2 aromatic carbocycles. The lowest BCUT2D eigenvalue weighted by Gasteiger charge is -2.19. The number of hydrazone groups is 1. The average molecular weight is 316 g/mol. The number of fused-ring (bicyclic) bond motifs is 1. The Morgan fingerprint density at radius 2 is 1.79 bits per heavy atom. The predicted molar refractivity (Wildman–Crippen MR) is 96.6 cm³/mol. The van der Waals surface area contributed by atoms with Crippen molar-refractivity contribution >= 4 is 28.9 Å². The van der Waals surface area contributed by atoms with Crippen LogP contribution >= 0.6 is 0 Å². The lowest BCUT2D eigenvalue weighted by atomic mass is 10.2. The number of anilines is 2. The van der Waals surface area contributed by atoms with Crippen LogP contribution in [0.2, 0.25) is 0 Å². The Hall–Kier alpha value is -3.41. The average Bonchev–Trinajstić information content (AvgIpc) is 2.67. The van der Waals surface area contributed by atoms with Gasteiger partial charge in [-0.3, -0.25) is 5.43 Å². The number of rotatable bonds is 4. The van der Waals surface area contributed by atoms with Crippen LogP contribution < -0.4 is 15.9 Å². The number of aromatic nitrogens is 2. The summed E-state index contributed by atoms with van der Waals surface area (Å²) >= 11 is 0. The maximum atomic E-state index is 4.63. The van der Waals surface area contributed by atoms with Gasteiger partial charge in [-0.2, -0.15) is 10.1 Å². The molecule has 6 nitrogen and oxygen atoms in total. The molecule has 118 valence electrons. The standard InChI is InChI=1S/C18H16N6/c1-2-7-14(8-3-1)13-19-17-15-9-4-5-10-16(15)22-18(23-17)24-20-11-6-12-21-24/h1-12,20H,13H2,(H,19,22,23). The normalized spacial score (nSPS) is 13.1. The topological polar surface area (TPSA) is 65.4 Å². The molecular weight excluding hydrogens is 300 g/mol. The smallest absolute Gasteiger partial charge is 0.268 e. The molecular formula is C18H16N6. The van der Waals surface area contributed by atoms with Crippen molar-refractivity contribution in [2.75, 3.05) is 10.4 Å². The van der Waals surface area contributed by atoms with Crippen LogP contribution in [0.5, 0.6) is 0 Å². The third kappa shape index (κ3) is 2.89. The maximum absolute atomic E-state index is 4.63. The number of nitrogens with one attached hydrogen (secondary N) is 2. The SMILES string of the molecule is C1=CNN(c2nc(NCc3ccccc3)c3ccccc3n2)N=C1. The van der Waals surface area contributed by atoms with Crippen LogP contribution in [-0.2, 0) is 6.54 Å². The molecule has 0 aliphatic carbocycles. The Labute approximate surface area is 139 Å². The summed E-state index contributed by atoms with van der Waals surface area (Å²) < 4.78 is 0. The van der Waals surface area contributed by atoms with Gasteiger partial charge < -0.3 is 5.32 Å². The van der Waals surface area contributed by atoms with Gasteiger partial charge in [-0.25, -0.2) is 4.98 Å². The summed E-state index contributed by atoms with van der Waals surface area (Å²) in [5.74, 6) is 1.27. The second-order valence-electron chi connectivity index (χ2n) is 5.29. The van der Waals surface area contributed by atoms with E-state index in [1.807, 2.05) is 48.5 Å². The third-order valence-electron chi connectivity index (χ3n) is 3.64. The number of hydrogen-bond acceptors (Lipinski definition) is 6. The molecule has 0 fully saturated rings. The van der Waals surface area contributed by atoms with Crippen LogP contribution in [-0.4, -0.2) is 16.2 Å². The molecule has 0 spiro atoms. The van der Waals surface area contributed by atoms with Gasteiger partial charge in [0, 0.05) is 18.1 Å². The van der Waals surface area contributed by atoms with Crippen molar-refractivity contribution in [1.82, 2.24) is 15.4 Å². The Bertz CT molecular complexity index is 904. The zero-order valence-electron chi connectivity index (χ0n) is 12.9. The zero-order valence-corrected chi connectivity index (χ0v) is 12.9. The molecule has 0 bridgehead atoms. The molecule has 2 heterocycles. The van der Waals surface area contributed by atoms with E-state index in [1.165, 1.54) is 5.56 Å². The van der Waals surface area contributed by atoms with E-state index >= 15 is 0 Å². The molecule has 1 aliphatic heterocycles. The molecule has 1 aromatic heterocycles. The molecule has 0 atom stereocenters. The molecule has 0 radical (unpaired) electrons. The zero-order chi connectivity index (χ0) is 16.2. The highest BCUT2D eigenvalue weighted by Crippen LogP contribution is 2.23.